The first-order valence-corrected chi connectivity index (χ1v) is 5.39. The fraction of sp³-hybridized carbons (Fsp3) is 0.167. The normalized spacial score (nSPS) is 12.1. The number of amides is 1. The van der Waals surface area contributed by atoms with E-state index in [-0.39, 0.29) is 29.0 Å². The molecule has 94 valence electrons. The van der Waals surface area contributed by atoms with Crippen molar-refractivity contribution in [2.24, 2.45) is 0 Å². The maximum absolute atomic E-state index is 11.9. The zero-order chi connectivity index (χ0) is 13.1. The molecule has 1 heterocycles. The molecule has 0 saturated carbocycles. The van der Waals surface area contributed by atoms with E-state index in [1.54, 1.807) is 12.4 Å². The van der Waals surface area contributed by atoms with Crippen molar-refractivity contribution < 1.29 is 15.0 Å². The summed E-state index contributed by atoms with van der Waals surface area (Å²) in [5.41, 5.74) is 1.04. The van der Waals surface area contributed by atoms with Crippen LogP contribution in [0.1, 0.15) is 28.9 Å². The first-order chi connectivity index (χ1) is 8.56. The van der Waals surface area contributed by atoms with E-state index in [4.69, 9.17) is 0 Å². The van der Waals surface area contributed by atoms with Gasteiger partial charge in [0.25, 0.3) is 5.91 Å². The molecule has 0 aliphatic carbocycles. The van der Waals surface area contributed by atoms with E-state index in [1.807, 2.05) is 6.92 Å². The number of hydrogen-bond acceptors (Lipinski definition) is 4. The third-order valence-corrected chi connectivity index (χ3v) is 2.53. The van der Waals surface area contributed by atoms with Gasteiger partial charge in [-0.05, 0) is 19.1 Å². The molecule has 6 heteroatoms. The Hall–Kier alpha value is -2.50. The Morgan fingerprint density at radius 3 is 2.56 bits per heavy atom. The molecule has 2 rings (SSSR count). The Morgan fingerprint density at radius 1 is 1.33 bits per heavy atom. The van der Waals surface area contributed by atoms with Gasteiger partial charge in [0.1, 0.15) is 11.5 Å². The van der Waals surface area contributed by atoms with Gasteiger partial charge >= 0.3 is 0 Å². The number of nitrogens with one attached hydrogen (secondary N) is 2. The summed E-state index contributed by atoms with van der Waals surface area (Å²) in [6.45, 7) is 1.81. The Balaban J connectivity index is 2.12. The molecule has 0 radical (unpaired) electrons. The topological polar surface area (TPSA) is 98.2 Å². The van der Waals surface area contributed by atoms with Gasteiger partial charge in [0.05, 0.1) is 12.2 Å². The van der Waals surface area contributed by atoms with Crippen molar-refractivity contribution in [2.75, 3.05) is 0 Å². The number of aromatic nitrogens is 2. The molecule has 1 aromatic heterocycles. The van der Waals surface area contributed by atoms with Crippen LogP contribution in [0.5, 0.6) is 11.5 Å². The van der Waals surface area contributed by atoms with E-state index in [9.17, 15) is 15.0 Å². The lowest BCUT2D eigenvalue weighted by Crippen LogP contribution is -2.26. The lowest BCUT2D eigenvalue weighted by Gasteiger charge is -2.12. The molecule has 1 atom stereocenters. The van der Waals surface area contributed by atoms with Crippen molar-refractivity contribution in [3.8, 4) is 11.5 Å². The van der Waals surface area contributed by atoms with Gasteiger partial charge in [0, 0.05) is 23.4 Å². The summed E-state index contributed by atoms with van der Waals surface area (Å²) in [6, 6.07) is 3.52. The molecule has 0 spiro atoms. The van der Waals surface area contributed by atoms with Crippen molar-refractivity contribution in [3.63, 3.8) is 0 Å². The summed E-state index contributed by atoms with van der Waals surface area (Å²) in [5.74, 6) is -0.692. The van der Waals surface area contributed by atoms with Crippen molar-refractivity contribution in [1.82, 2.24) is 15.5 Å². The van der Waals surface area contributed by atoms with Gasteiger partial charge in [-0.2, -0.15) is 5.10 Å². The van der Waals surface area contributed by atoms with Gasteiger partial charge in [0.15, 0.2) is 0 Å². The smallest absolute Gasteiger partial charge is 0.252 e. The molecule has 0 saturated heterocycles. The van der Waals surface area contributed by atoms with Crippen LogP contribution in [0.4, 0.5) is 0 Å². The van der Waals surface area contributed by atoms with E-state index in [1.165, 1.54) is 12.1 Å². The fourth-order valence-corrected chi connectivity index (χ4v) is 1.59. The van der Waals surface area contributed by atoms with Crippen LogP contribution in [0, 0.1) is 0 Å². The van der Waals surface area contributed by atoms with Crippen molar-refractivity contribution in [2.45, 2.75) is 13.0 Å². The molecule has 0 fully saturated rings. The Morgan fingerprint density at radius 2 is 2.00 bits per heavy atom. The highest BCUT2D eigenvalue weighted by Crippen LogP contribution is 2.21. The zero-order valence-electron chi connectivity index (χ0n) is 9.71. The summed E-state index contributed by atoms with van der Waals surface area (Å²) in [4.78, 5) is 11.9. The van der Waals surface area contributed by atoms with E-state index < -0.39 is 0 Å². The summed E-state index contributed by atoms with van der Waals surface area (Å²) in [6.07, 6.45) is 3.30. The van der Waals surface area contributed by atoms with Crippen LogP contribution >= 0.6 is 0 Å². The summed E-state index contributed by atoms with van der Waals surface area (Å²) < 4.78 is 0. The van der Waals surface area contributed by atoms with Crippen LogP contribution in [0.15, 0.2) is 30.6 Å². The van der Waals surface area contributed by atoms with E-state index in [2.05, 4.69) is 15.5 Å². The van der Waals surface area contributed by atoms with E-state index >= 15 is 0 Å². The number of aromatic amines is 1. The number of carbonyl (C=O) groups excluding carboxylic acids is 1. The zero-order valence-corrected chi connectivity index (χ0v) is 9.71. The first kappa shape index (κ1) is 12.0. The second-order valence-corrected chi connectivity index (χ2v) is 3.96. The van der Waals surface area contributed by atoms with Crippen LogP contribution < -0.4 is 5.32 Å². The fourth-order valence-electron chi connectivity index (χ4n) is 1.59. The minimum atomic E-state index is -0.380. The van der Waals surface area contributed by atoms with Gasteiger partial charge in [-0.1, -0.05) is 0 Å². The number of aromatic hydroxyl groups is 2. The highest BCUT2D eigenvalue weighted by atomic mass is 16.3. The number of hydrogen-bond donors (Lipinski definition) is 4. The number of carbonyl (C=O) groups is 1. The summed E-state index contributed by atoms with van der Waals surface area (Å²) in [7, 11) is 0. The van der Waals surface area contributed by atoms with Crippen LogP contribution in [0.2, 0.25) is 0 Å². The van der Waals surface area contributed by atoms with E-state index in [0.29, 0.717) is 0 Å². The maximum Gasteiger partial charge on any atom is 0.252 e. The third-order valence-electron chi connectivity index (χ3n) is 2.53. The second kappa shape index (κ2) is 4.79. The Labute approximate surface area is 103 Å². The van der Waals surface area contributed by atoms with Crippen LogP contribution in [0.3, 0.4) is 0 Å². The maximum atomic E-state index is 11.9. The number of phenols is 2. The predicted molar refractivity (Wildman–Crippen MR) is 64.2 cm³/mol. The molecule has 6 nitrogen and oxygen atoms in total. The number of phenolic OH excluding ortho intramolecular Hbond substituents is 2. The SMILES string of the molecule is CC(NC(=O)c1cc(O)cc(O)c1)c1cn[nH]c1. The Kier molecular flexibility index (Phi) is 3.18. The van der Waals surface area contributed by atoms with Crippen LogP contribution in [0.25, 0.3) is 0 Å². The van der Waals surface area contributed by atoms with Gasteiger partial charge in [-0.25, -0.2) is 0 Å². The molecule has 0 aliphatic rings. The van der Waals surface area contributed by atoms with Crippen molar-refractivity contribution in [3.05, 3.63) is 41.7 Å². The number of H-pyrrole nitrogens is 1. The summed E-state index contributed by atoms with van der Waals surface area (Å²) >= 11 is 0. The molecule has 1 amide bonds. The van der Waals surface area contributed by atoms with Gasteiger partial charge < -0.3 is 15.5 Å². The van der Waals surface area contributed by atoms with Crippen LogP contribution in [-0.4, -0.2) is 26.3 Å². The molecule has 1 aromatic carbocycles. The monoisotopic (exact) mass is 247 g/mol. The van der Waals surface area contributed by atoms with E-state index in [0.717, 1.165) is 11.6 Å². The minimum absolute atomic E-state index is 0.156. The quantitative estimate of drug-likeness (QED) is 0.657. The first-order valence-electron chi connectivity index (χ1n) is 5.39. The highest BCUT2D eigenvalue weighted by molar-refractivity contribution is 5.95. The lowest BCUT2D eigenvalue weighted by atomic mass is 10.1. The van der Waals surface area contributed by atoms with Gasteiger partial charge in [-0.3, -0.25) is 9.89 Å². The molecule has 1 unspecified atom stereocenters. The predicted octanol–water partition coefficient (Wildman–Crippen LogP) is 1.31. The minimum Gasteiger partial charge on any atom is -0.508 e. The third kappa shape index (κ3) is 2.60. The second-order valence-electron chi connectivity index (χ2n) is 3.96. The number of benzene rings is 1. The average Bonchev–Trinajstić information content (AvgIpc) is 2.80. The van der Waals surface area contributed by atoms with Crippen molar-refractivity contribution >= 4 is 5.91 Å². The molecular weight excluding hydrogens is 234 g/mol. The Bertz CT molecular complexity index is 531. The average molecular weight is 247 g/mol. The van der Waals surface area contributed by atoms with Crippen LogP contribution in [-0.2, 0) is 0 Å². The highest BCUT2D eigenvalue weighted by Gasteiger charge is 2.13. The summed E-state index contributed by atoms with van der Waals surface area (Å²) in [5, 5.41) is 27.8. The standard InChI is InChI=1S/C12H13N3O3/c1-7(9-5-13-14-6-9)15-12(18)8-2-10(16)4-11(17)3-8/h2-7,16-17H,1H3,(H,13,14)(H,15,18). The number of nitrogens with zero attached hydrogens (tertiary/aromatic N) is 1. The number of rotatable bonds is 3. The molecular formula is C12H13N3O3. The largest absolute Gasteiger partial charge is 0.508 e. The van der Waals surface area contributed by atoms with Gasteiger partial charge in [0.2, 0.25) is 0 Å². The molecule has 18 heavy (non-hydrogen) atoms. The molecule has 2 aromatic rings. The van der Waals surface area contributed by atoms with Gasteiger partial charge in [-0.15, -0.1) is 0 Å². The molecule has 0 aliphatic heterocycles. The lowest BCUT2D eigenvalue weighted by molar-refractivity contribution is 0.0939. The molecule has 4 N–H and O–H groups in total. The molecule has 0 bridgehead atoms. The van der Waals surface area contributed by atoms with Crippen molar-refractivity contribution in [1.29, 1.82) is 0 Å².